The Hall–Kier alpha value is -0.870. The molecule has 0 spiro atoms. The van der Waals surface area contributed by atoms with E-state index >= 15 is 0 Å². The summed E-state index contributed by atoms with van der Waals surface area (Å²) in [6.45, 7) is 3.83. The lowest BCUT2D eigenvalue weighted by molar-refractivity contribution is 0.147. The van der Waals surface area contributed by atoms with Crippen LogP contribution in [-0.2, 0) is 9.84 Å². The third kappa shape index (κ3) is 4.60. The summed E-state index contributed by atoms with van der Waals surface area (Å²) in [6, 6.07) is 10.6. The Morgan fingerprint density at radius 3 is 2.40 bits per heavy atom. The summed E-state index contributed by atoms with van der Waals surface area (Å²) in [6.07, 6.45) is 5.22. The van der Waals surface area contributed by atoms with Crippen LogP contribution in [0.2, 0.25) is 0 Å². The maximum Gasteiger partial charge on any atom is 0.148 e. The number of nitrogens with zero attached hydrogens (tertiary/aromatic N) is 1. The summed E-state index contributed by atoms with van der Waals surface area (Å²) < 4.78 is 22.9. The average Bonchev–Trinajstić information content (AvgIpc) is 2.36. The van der Waals surface area contributed by atoms with Gasteiger partial charge in [-0.15, -0.1) is 0 Å². The highest BCUT2D eigenvalue weighted by Crippen LogP contribution is 2.30. The maximum absolute atomic E-state index is 11.4. The molecule has 3 nitrogen and oxygen atoms in total. The molecule has 0 radical (unpaired) electrons. The van der Waals surface area contributed by atoms with Gasteiger partial charge in [-0.05, 0) is 31.2 Å². The summed E-state index contributed by atoms with van der Waals surface area (Å²) in [5.74, 6) is 0.998. The standard InChI is InChI=1S/C16H25NO2S/c1-14(16-9-4-3-5-10-16)17(11-12-20(2,18)19)13-15-7-6-8-15/h3-5,9-10,14-15H,6-8,11-13H2,1-2H3/t14-/m1/s1. The van der Waals surface area contributed by atoms with Gasteiger partial charge >= 0.3 is 0 Å². The predicted octanol–water partition coefficient (Wildman–Crippen LogP) is 2.89. The Kier molecular flexibility index (Phi) is 5.22. The first-order valence-electron chi connectivity index (χ1n) is 7.42. The minimum Gasteiger partial charge on any atom is -0.295 e. The highest BCUT2D eigenvalue weighted by atomic mass is 32.2. The van der Waals surface area contributed by atoms with E-state index in [-0.39, 0.29) is 11.8 Å². The zero-order valence-electron chi connectivity index (χ0n) is 12.5. The number of sulfone groups is 1. The first-order valence-corrected chi connectivity index (χ1v) is 9.48. The van der Waals surface area contributed by atoms with E-state index in [9.17, 15) is 8.42 Å². The highest BCUT2D eigenvalue weighted by Gasteiger charge is 2.24. The fourth-order valence-corrected chi connectivity index (χ4v) is 3.24. The van der Waals surface area contributed by atoms with Crippen molar-refractivity contribution < 1.29 is 8.42 Å². The quantitative estimate of drug-likeness (QED) is 0.776. The zero-order valence-corrected chi connectivity index (χ0v) is 13.3. The van der Waals surface area contributed by atoms with Crippen molar-refractivity contribution in [1.29, 1.82) is 0 Å². The molecule has 1 aliphatic carbocycles. The van der Waals surface area contributed by atoms with E-state index in [0.717, 1.165) is 12.5 Å². The van der Waals surface area contributed by atoms with E-state index < -0.39 is 9.84 Å². The minimum atomic E-state index is -2.90. The molecule has 0 saturated heterocycles. The molecule has 1 saturated carbocycles. The first kappa shape index (κ1) is 15.5. The fraction of sp³-hybridized carbons (Fsp3) is 0.625. The molecule has 0 bridgehead atoms. The normalized spacial score (nSPS) is 17.9. The van der Waals surface area contributed by atoms with E-state index in [2.05, 4.69) is 24.0 Å². The lowest BCUT2D eigenvalue weighted by atomic mass is 9.84. The molecule has 20 heavy (non-hydrogen) atoms. The molecule has 0 unspecified atom stereocenters. The van der Waals surface area contributed by atoms with Crippen LogP contribution in [0.1, 0.15) is 37.8 Å². The van der Waals surface area contributed by atoms with Crippen LogP contribution in [0.25, 0.3) is 0 Å². The molecule has 1 aromatic rings. The molecule has 1 atom stereocenters. The lowest BCUT2D eigenvalue weighted by Crippen LogP contribution is -2.37. The number of benzene rings is 1. The first-order chi connectivity index (χ1) is 9.46. The molecule has 1 aromatic carbocycles. The zero-order chi connectivity index (χ0) is 14.6. The minimum absolute atomic E-state index is 0.247. The molecule has 0 amide bonds. The molecule has 0 heterocycles. The van der Waals surface area contributed by atoms with Crippen LogP contribution in [0.15, 0.2) is 30.3 Å². The van der Waals surface area contributed by atoms with Gasteiger partial charge < -0.3 is 0 Å². The predicted molar refractivity (Wildman–Crippen MR) is 83.5 cm³/mol. The maximum atomic E-state index is 11.4. The second kappa shape index (κ2) is 6.72. The number of rotatable bonds is 7. The summed E-state index contributed by atoms with van der Waals surface area (Å²) in [4.78, 5) is 2.33. The molecule has 2 rings (SSSR count). The van der Waals surface area contributed by atoms with Gasteiger partial charge in [0, 0.05) is 25.4 Å². The van der Waals surface area contributed by atoms with E-state index in [4.69, 9.17) is 0 Å². The van der Waals surface area contributed by atoms with Crippen LogP contribution in [0.4, 0.5) is 0 Å². The number of hydrogen-bond donors (Lipinski definition) is 0. The molecule has 0 aliphatic heterocycles. The highest BCUT2D eigenvalue weighted by molar-refractivity contribution is 7.90. The Morgan fingerprint density at radius 2 is 1.90 bits per heavy atom. The van der Waals surface area contributed by atoms with Gasteiger partial charge in [-0.2, -0.15) is 0 Å². The lowest BCUT2D eigenvalue weighted by Gasteiger charge is -2.36. The third-order valence-corrected chi connectivity index (χ3v) is 5.22. The van der Waals surface area contributed by atoms with E-state index in [0.29, 0.717) is 6.54 Å². The van der Waals surface area contributed by atoms with Crippen molar-refractivity contribution in [2.75, 3.05) is 25.1 Å². The summed E-state index contributed by atoms with van der Waals surface area (Å²) in [5, 5.41) is 0. The molecule has 0 aromatic heterocycles. The van der Waals surface area contributed by atoms with E-state index in [1.807, 2.05) is 18.2 Å². The second-order valence-electron chi connectivity index (χ2n) is 6.01. The van der Waals surface area contributed by atoms with Gasteiger partial charge in [0.1, 0.15) is 9.84 Å². The van der Waals surface area contributed by atoms with E-state index in [1.165, 1.54) is 31.1 Å². The smallest absolute Gasteiger partial charge is 0.148 e. The molecular weight excluding hydrogens is 270 g/mol. The topological polar surface area (TPSA) is 37.4 Å². The third-order valence-electron chi connectivity index (χ3n) is 4.30. The molecule has 1 fully saturated rings. The van der Waals surface area contributed by atoms with Crippen LogP contribution in [-0.4, -0.2) is 38.4 Å². The molecular formula is C16H25NO2S. The molecule has 4 heteroatoms. The van der Waals surface area contributed by atoms with Crippen LogP contribution >= 0.6 is 0 Å². The Labute approximate surface area is 122 Å². The van der Waals surface area contributed by atoms with Crippen molar-refractivity contribution in [2.45, 2.75) is 32.2 Å². The Morgan fingerprint density at radius 1 is 1.25 bits per heavy atom. The Balaban J connectivity index is 2.04. The second-order valence-corrected chi connectivity index (χ2v) is 8.27. The molecule has 112 valence electrons. The van der Waals surface area contributed by atoms with Crippen LogP contribution in [0, 0.1) is 5.92 Å². The molecule has 0 N–H and O–H groups in total. The van der Waals surface area contributed by atoms with Crippen molar-refractivity contribution >= 4 is 9.84 Å². The summed E-state index contributed by atoms with van der Waals surface area (Å²) in [7, 11) is -2.90. The largest absolute Gasteiger partial charge is 0.295 e. The van der Waals surface area contributed by atoms with Gasteiger partial charge in [-0.3, -0.25) is 4.90 Å². The van der Waals surface area contributed by atoms with Gasteiger partial charge in [0.2, 0.25) is 0 Å². The van der Waals surface area contributed by atoms with Gasteiger partial charge in [0.25, 0.3) is 0 Å². The van der Waals surface area contributed by atoms with Crippen LogP contribution in [0.3, 0.4) is 0 Å². The Bertz CT molecular complexity index is 509. The van der Waals surface area contributed by atoms with Crippen molar-refractivity contribution in [1.82, 2.24) is 4.90 Å². The van der Waals surface area contributed by atoms with Gasteiger partial charge in [-0.1, -0.05) is 36.8 Å². The van der Waals surface area contributed by atoms with Crippen molar-refractivity contribution in [3.8, 4) is 0 Å². The SMILES string of the molecule is C[C@H](c1ccccc1)N(CCS(C)(=O)=O)CC1CCC1. The fourth-order valence-electron chi connectivity index (χ4n) is 2.68. The average molecular weight is 295 g/mol. The van der Waals surface area contributed by atoms with Gasteiger partial charge in [0.15, 0.2) is 0 Å². The summed E-state index contributed by atoms with van der Waals surface area (Å²) in [5.41, 5.74) is 1.26. The number of hydrogen-bond acceptors (Lipinski definition) is 3. The van der Waals surface area contributed by atoms with Crippen molar-refractivity contribution in [3.05, 3.63) is 35.9 Å². The van der Waals surface area contributed by atoms with Gasteiger partial charge in [-0.25, -0.2) is 8.42 Å². The van der Waals surface area contributed by atoms with Gasteiger partial charge in [0.05, 0.1) is 5.75 Å². The van der Waals surface area contributed by atoms with E-state index in [1.54, 1.807) is 0 Å². The van der Waals surface area contributed by atoms with Crippen LogP contribution < -0.4 is 0 Å². The monoisotopic (exact) mass is 295 g/mol. The van der Waals surface area contributed by atoms with Crippen molar-refractivity contribution in [2.24, 2.45) is 5.92 Å². The van der Waals surface area contributed by atoms with Crippen molar-refractivity contribution in [3.63, 3.8) is 0 Å². The molecule has 1 aliphatic rings. The summed E-state index contributed by atoms with van der Waals surface area (Å²) >= 11 is 0. The van der Waals surface area contributed by atoms with Crippen LogP contribution in [0.5, 0.6) is 0 Å².